The highest BCUT2D eigenvalue weighted by atomic mass is 32.1. The molecule has 2 N–H and O–H groups in total. The van der Waals surface area contributed by atoms with E-state index in [-0.39, 0.29) is 11.8 Å². The molecule has 0 atom stereocenters. The molecule has 0 radical (unpaired) electrons. The minimum absolute atomic E-state index is 0.235. The molecule has 5 nitrogen and oxygen atoms in total. The van der Waals surface area contributed by atoms with E-state index in [1.54, 1.807) is 36.4 Å². The molecule has 2 aromatic carbocycles. The molecule has 0 aliphatic heterocycles. The molecule has 2 amide bonds. The lowest BCUT2D eigenvalue weighted by Gasteiger charge is -2.10. The van der Waals surface area contributed by atoms with Gasteiger partial charge in [-0.25, -0.2) is 0 Å². The van der Waals surface area contributed by atoms with Crippen molar-refractivity contribution in [3.05, 3.63) is 47.5 Å². The summed E-state index contributed by atoms with van der Waals surface area (Å²) in [4.78, 5) is 26.5. The largest absolute Gasteiger partial charge is 0.378 e. The Morgan fingerprint density at radius 3 is 1.56 bits per heavy atom. The number of ether oxygens (including phenoxy) is 1. The molecule has 0 unspecified atom stereocenters. The molecule has 0 saturated carbocycles. The predicted octanol–water partition coefficient (Wildman–Crippen LogP) is 3.02. The quantitative estimate of drug-likeness (QED) is 0.283. The first-order chi connectivity index (χ1) is 12.9. The van der Waals surface area contributed by atoms with Gasteiger partial charge in [0.15, 0.2) is 0 Å². The fraction of sp³-hybridized carbons (Fsp3) is 0.222. The lowest BCUT2D eigenvalue weighted by molar-refractivity contribution is 0.0889. The lowest BCUT2D eigenvalue weighted by Crippen LogP contribution is -2.30. The third-order valence-electron chi connectivity index (χ3n) is 3.58. The van der Waals surface area contributed by atoms with Crippen LogP contribution < -0.4 is 10.6 Å². The smallest absolute Gasteiger partial charge is 0.252 e. The molecule has 0 saturated heterocycles. The van der Waals surface area contributed by atoms with Gasteiger partial charge in [-0.1, -0.05) is 12.1 Å². The fourth-order valence-electron chi connectivity index (χ4n) is 2.20. The minimum atomic E-state index is -0.235. The third kappa shape index (κ3) is 6.39. The minimum Gasteiger partial charge on any atom is -0.378 e. The average Bonchev–Trinajstić information content (AvgIpc) is 2.65. The molecule has 9 heteroatoms. The van der Waals surface area contributed by atoms with Crippen LogP contribution >= 0.6 is 50.5 Å². The molecule has 2 aromatic rings. The number of rotatable bonds is 8. The molecule has 0 aromatic heterocycles. The monoisotopic (exact) mass is 440 g/mol. The van der Waals surface area contributed by atoms with Gasteiger partial charge < -0.3 is 15.4 Å². The second-order valence-corrected chi connectivity index (χ2v) is 7.33. The Labute approximate surface area is 180 Å². The normalized spacial score (nSPS) is 10.5. The third-order valence-corrected chi connectivity index (χ3v) is 5.64. The molecule has 0 aliphatic carbocycles. The van der Waals surface area contributed by atoms with Crippen molar-refractivity contribution < 1.29 is 14.3 Å². The summed E-state index contributed by atoms with van der Waals surface area (Å²) in [6.45, 7) is 1.35. The maximum atomic E-state index is 12.1. The van der Waals surface area contributed by atoms with Crippen LogP contribution in [0.5, 0.6) is 0 Å². The van der Waals surface area contributed by atoms with Gasteiger partial charge in [0.2, 0.25) is 0 Å². The maximum absolute atomic E-state index is 12.1. The number of hydrogen-bond donors (Lipinski definition) is 6. The van der Waals surface area contributed by atoms with Crippen LogP contribution in [0.2, 0.25) is 0 Å². The van der Waals surface area contributed by atoms with E-state index in [9.17, 15) is 9.59 Å². The Kier molecular flexibility index (Phi) is 8.91. The zero-order chi connectivity index (χ0) is 19.8. The summed E-state index contributed by atoms with van der Waals surface area (Å²) in [5.74, 6) is -0.471. The number of carbonyl (C=O) groups is 2. The molecule has 0 heterocycles. The van der Waals surface area contributed by atoms with Gasteiger partial charge in [0.05, 0.1) is 24.3 Å². The van der Waals surface area contributed by atoms with Crippen LogP contribution in [0.3, 0.4) is 0 Å². The van der Waals surface area contributed by atoms with Gasteiger partial charge in [-0.2, -0.15) is 0 Å². The summed E-state index contributed by atoms with van der Waals surface area (Å²) in [6.07, 6.45) is 0. The van der Waals surface area contributed by atoms with E-state index < -0.39 is 0 Å². The van der Waals surface area contributed by atoms with Gasteiger partial charge in [-0.05, 0) is 24.3 Å². The van der Waals surface area contributed by atoms with Crippen molar-refractivity contribution in [1.29, 1.82) is 0 Å². The van der Waals surface area contributed by atoms with E-state index >= 15 is 0 Å². The Morgan fingerprint density at radius 1 is 0.741 bits per heavy atom. The standard InChI is InChI=1S/C18H20N2O3S4/c21-17(11-3-1-5-13(24)15(11)26)19-7-9-23-10-8-20-18(22)12-4-2-6-14(25)16(12)27/h1-6,24-27H,7-10H2,(H,19,21)(H,20,22). The summed E-state index contributed by atoms with van der Waals surface area (Å²) in [5, 5.41) is 5.51. The Bertz CT molecular complexity index is 763. The van der Waals surface area contributed by atoms with Crippen LogP contribution in [-0.2, 0) is 4.74 Å². The highest BCUT2D eigenvalue weighted by Gasteiger charge is 2.11. The number of thiol groups is 4. The van der Waals surface area contributed by atoms with Crippen LogP contribution in [0.4, 0.5) is 0 Å². The Hall–Kier alpha value is -1.26. The van der Waals surface area contributed by atoms with E-state index in [4.69, 9.17) is 4.74 Å². The summed E-state index contributed by atoms with van der Waals surface area (Å²) in [6, 6.07) is 10.4. The van der Waals surface area contributed by atoms with E-state index in [0.29, 0.717) is 57.0 Å². The SMILES string of the molecule is O=C(NCCOCCNC(=O)c1cccc(S)c1S)c1cccc(S)c1S. The molecule has 0 fully saturated rings. The van der Waals surface area contributed by atoms with E-state index in [0.717, 1.165) is 0 Å². The zero-order valence-corrected chi connectivity index (χ0v) is 17.9. The van der Waals surface area contributed by atoms with Gasteiger partial charge in [0.1, 0.15) is 0 Å². The topological polar surface area (TPSA) is 67.4 Å². The van der Waals surface area contributed by atoms with Crippen molar-refractivity contribution in [2.24, 2.45) is 0 Å². The molecule has 2 rings (SSSR count). The second-order valence-electron chi connectivity index (χ2n) is 5.47. The number of nitrogens with one attached hydrogen (secondary N) is 2. The average molecular weight is 441 g/mol. The van der Waals surface area contributed by atoms with Crippen LogP contribution in [0, 0.1) is 0 Å². The second kappa shape index (κ2) is 10.9. The van der Waals surface area contributed by atoms with Crippen LogP contribution in [0.1, 0.15) is 20.7 Å². The molecular weight excluding hydrogens is 420 g/mol. The molecule has 0 bridgehead atoms. The molecular formula is C18H20N2O3S4. The van der Waals surface area contributed by atoms with Gasteiger partial charge in [-0.3, -0.25) is 9.59 Å². The summed E-state index contributed by atoms with van der Waals surface area (Å²) >= 11 is 17.1. The van der Waals surface area contributed by atoms with Gasteiger partial charge in [0.25, 0.3) is 11.8 Å². The first-order valence-corrected chi connectivity index (χ1v) is 9.86. The van der Waals surface area contributed by atoms with Crippen molar-refractivity contribution in [2.75, 3.05) is 26.3 Å². The van der Waals surface area contributed by atoms with Gasteiger partial charge >= 0.3 is 0 Å². The van der Waals surface area contributed by atoms with Crippen molar-refractivity contribution in [3.8, 4) is 0 Å². The van der Waals surface area contributed by atoms with Crippen LogP contribution in [0.25, 0.3) is 0 Å². The van der Waals surface area contributed by atoms with E-state index in [2.05, 4.69) is 61.1 Å². The summed E-state index contributed by atoms with van der Waals surface area (Å²) < 4.78 is 5.42. The molecule has 0 spiro atoms. The number of benzene rings is 2. The first-order valence-electron chi connectivity index (χ1n) is 8.08. The van der Waals surface area contributed by atoms with E-state index in [1.165, 1.54) is 0 Å². The highest BCUT2D eigenvalue weighted by Crippen LogP contribution is 2.22. The fourth-order valence-corrected chi connectivity index (χ4v) is 3.11. The van der Waals surface area contributed by atoms with Crippen LogP contribution in [-0.4, -0.2) is 38.1 Å². The summed E-state index contributed by atoms with van der Waals surface area (Å²) in [5.41, 5.74) is 0.930. The van der Waals surface area contributed by atoms with Crippen molar-refractivity contribution in [3.63, 3.8) is 0 Å². The van der Waals surface area contributed by atoms with Gasteiger partial charge in [-0.15, -0.1) is 50.5 Å². The van der Waals surface area contributed by atoms with Crippen LogP contribution in [0.15, 0.2) is 56.0 Å². The van der Waals surface area contributed by atoms with Crippen molar-refractivity contribution >= 4 is 62.3 Å². The first kappa shape index (κ1) is 22.0. The maximum Gasteiger partial charge on any atom is 0.252 e. The Morgan fingerprint density at radius 2 is 1.15 bits per heavy atom. The molecule has 0 aliphatic rings. The number of carbonyl (C=O) groups excluding carboxylic acids is 2. The zero-order valence-electron chi connectivity index (χ0n) is 14.3. The van der Waals surface area contributed by atoms with Gasteiger partial charge in [0, 0.05) is 32.7 Å². The number of amides is 2. The highest BCUT2D eigenvalue weighted by molar-refractivity contribution is 7.84. The number of hydrogen-bond acceptors (Lipinski definition) is 7. The summed E-state index contributed by atoms with van der Waals surface area (Å²) in [7, 11) is 0. The predicted molar refractivity (Wildman–Crippen MR) is 117 cm³/mol. The van der Waals surface area contributed by atoms with Crippen molar-refractivity contribution in [1.82, 2.24) is 10.6 Å². The lowest BCUT2D eigenvalue weighted by atomic mass is 10.2. The van der Waals surface area contributed by atoms with Crippen molar-refractivity contribution in [2.45, 2.75) is 19.6 Å². The Balaban J connectivity index is 1.65. The van der Waals surface area contributed by atoms with E-state index in [1.807, 2.05) is 0 Å². The molecule has 144 valence electrons. The molecule has 27 heavy (non-hydrogen) atoms.